The molecule has 0 aromatic heterocycles. The van der Waals surface area contributed by atoms with Gasteiger partial charge in [0.05, 0.1) is 0 Å². The molecule has 2 aliphatic rings. The standard InChI is InChI=1S/C12H25N3/c1-10-11(2)15(8-7-14-10)9-12-3-5-13-6-4-12/h10-14H,3-9H2,1-2H3. The quantitative estimate of drug-likeness (QED) is 0.703. The van der Waals surface area contributed by atoms with Crippen molar-refractivity contribution in [1.29, 1.82) is 0 Å². The van der Waals surface area contributed by atoms with Crippen LogP contribution in [0, 0.1) is 5.92 Å². The predicted molar refractivity (Wildman–Crippen MR) is 64.1 cm³/mol. The maximum Gasteiger partial charge on any atom is 0.0219 e. The van der Waals surface area contributed by atoms with Crippen molar-refractivity contribution in [3.05, 3.63) is 0 Å². The lowest BCUT2D eigenvalue weighted by molar-refractivity contribution is 0.109. The highest BCUT2D eigenvalue weighted by atomic mass is 15.2. The lowest BCUT2D eigenvalue weighted by atomic mass is 9.95. The molecule has 2 aliphatic heterocycles. The van der Waals surface area contributed by atoms with Crippen LogP contribution in [-0.2, 0) is 0 Å². The molecule has 0 aromatic rings. The second kappa shape index (κ2) is 5.28. The third-order valence-electron chi connectivity index (χ3n) is 4.12. The van der Waals surface area contributed by atoms with Crippen LogP contribution in [0.2, 0.25) is 0 Å². The Morgan fingerprint density at radius 3 is 2.60 bits per heavy atom. The van der Waals surface area contributed by atoms with Crippen LogP contribution in [0.1, 0.15) is 26.7 Å². The van der Waals surface area contributed by atoms with Crippen molar-refractivity contribution >= 4 is 0 Å². The average molecular weight is 211 g/mol. The third kappa shape index (κ3) is 2.92. The largest absolute Gasteiger partial charge is 0.317 e. The monoisotopic (exact) mass is 211 g/mol. The van der Waals surface area contributed by atoms with Crippen LogP contribution < -0.4 is 10.6 Å². The fourth-order valence-corrected chi connectivity index (χ4v) is 2.78. The molecule has 88 valence electrons. The zero-order chi connectivity index (χ0) is 10.7. The van der Waals surface area contributed by atoms with Gasteiger partial charge in [-0.1, -0.05) is 0 Å². The van der Waals surface area contributed by atoms with E-state index in [1.807, 2.05) is 0 Å². The van der Waals surface area contributed by atoms with Crippen molar-refractivity contribution in [1.82, 2.24) is 15.5 Å². The molecule has 0 radical (unpaired) electrons. The number of piperidine rings is 1. The second-order valence-electron chi connectivity index (χ2n) is 5.17. The SMILES string of the molecule is CC1NCCN(CC2CCNCC2)C1C. The third-order valence-corrected chi connectivity index (χ3v) is 4.12. The smallest absolute Gasteiger partial charge is 0.0219 e. The van der Waals surface area contributed by atoms with Crippen LogP contribution >= 0.6 is 0 Å². The van der Waals surface area contributed by atoms with Gasteiger partial charge in [-0.2, -0.15) is 0 Å². The number of hydrogen-bond donors (Lipinski definition) is 2. The van der Waals surface area contributed by atoms with Crippen LogP contribution in [0.5, 0.6) is 0 Å². The average Bonchev–Trinajstić information content (AvgIpc) is 2.26. The van der Waals surface area contributed by atoms with Gasteiger partial charge in [-0.05, 0) is 45.7 Å². The number of nitrogens with zero attached hydrogens (tertiary/aromatic N) is 1. The molecule has 0 amide bonds. The first-order valence-corrected chi connectivity index (χ1v) is 6.45. The second-order valence-corrected chi connectivity index (χ2v) is 5.17. The molecule has 0 aromatic carbocycles. The first-order chi connectivity index (χ1) is 7.27. The molecule has 3 nitrogen and oxygen atoms in total. The molecule has 0 saturated carbocycles. The van der Waals surface area contributed by atoms with E-state index in [-0.39, 0.29) is 0 Å². The summed E-state index contributed by atoms with van der Waals surface area (Å²) in [7, 11) is 0. The summed E-state index contributed by atoms with van der Waals surface area (Å²) in [5.41, 5.74) is 0. The molecule has 3 heteroatoms. The van der Waals surface area contributed by atoms with E-state index in [1.165, 1.54) is 39.0 Å². The Morgan fingerprint density at radius 1 is 1.13 bits per heavy atom. The normalized spacial score (nSPS) is 35.6. The van der Waals surface area contributed by atoms with E-state index in [2.05, 4.69) is 29.4 Å². The highest BCUT2D eigenvalue weighted by Crippen LogP contribution is 2.17. The van der Waals surface area contributed by atoms with E-state index in [4.69, 9.17) is 0 Å². The summed E-state index contributed by atoms with van der Waals surface area (Å²) in [4.78, 5) is 2.68. The molecule has 2 unspecified atom stereocenters. The number of piperazine rings is 1. The minimum Gasteiger partial charge on any atom is -0.317 e. The lowest BCUT2D eigenvalue weighted by Crippen LogP contribution is -2.56. The van der Waals surface area contributed by atoms with Gasteiger partial charge in [-0.3, -0.25) is 4.90 Å². The van der Waals surface area contributed by atoms with Crippen molar-refractivity contribution in [3.8, 4) is 0 Å². The maximum absolute atomic E-state index is 3.54. The Kier molecular flexibility index (Phi) is 4.00. The van der Waals surface area contributed by atoms with E-state index in [9.17, 15) is 0 Å². The molecule has 2 atom stereocenters. The van der Waals surface area contributed by atoms with Crippen molar-refractivity contribution in [2.75, 3.05) is 32.7 Å². The Morgan fingerprint density at radius 2 is 1.87 bits per heavy atom. The topological polar surface area (TPSA) is 27.3 Å². The predicted octanol–water partition coefficient (Wildman–Crippen LogP) is 0.668. The van der Waals surface area contributed by atoms with Crippen LogP contribution in [0.25, 0.3) is 0 Å². The Balaban J connectivity index is 1.81. The molecular weight excluding hydrogens is 186 g/mol. The fraction of sp³-hybridized carbons (Fsp3) is 1.00. The molecule has 2 fully saturated rings. The van der Waals surface area contributed by atoms with Gasteiger partial charge in [0, 0.05) is 31.7 Å². The Bertz CT molecular complexity index is 189. The number of hydrogen-bond acceptors (Lipinski definition) is 3. The Labute approximate surface area is 93.6 Å². The van der Waals surface area contributed by atoms with Gasteiger partial charge in [-0.25, -0.2) is 0 Å². The number of nitrogens with one attached hydrogen (secondary N) is 2. The van der Waals surface area contributed by atoms with E-state index in [1.54, 1.807) is 0 Å². The summed E-state index contributed by atoms with van der Waals surface area (Å²) in [5.74, 6) is 0.930. The van der Waals surface area contributed by atoms with Crippen LogP contribution in [-0.4, -0.2) is 49.7 Å². The first kappa shape index (κ1) is 11.4. The highest BCUT2D eigenvalue weighted by Gasteiger charge is 2.26. The molecular formula is C12H25N3. The maximum atomic E-state index is 3.54. The van der Waals surface area contributed by atoms with E-state index < -0.39 is 0 Å². The van der Waals surface area contributed by atoms with Crippen LogP contribution in [0.3, 0.4) is 0 Å². The van der Waals surface area contributed by atoms with Crippen LogP contribution in [0.4, 0.5) is 0 Å². The lowest BCUT2D eigenvalue weighted by Gasteiger charge is -2.41. The van der Waals surface area contributed by atoms with E-state index in [0.29, 0.717) is 12.1 Å². The molecule has 2 rings (SSSR count). The van der Waals surface area contributed by atoms with Crippen molar-refractivity contribution in [2.24, 2.45) is 5.92 Å². The summed E-state index contributed by atoms with van der Waals surface area (Å²) in [6, 6.07) is 1.36. The van der Waals surface area contributed by atoms with Gasteiger partial charge in [0.2, 0.25) is 0 Å². The summed E-state index contributed by atoms with van der Waals surface area (Å²) in [6.07, 6.45) is 2.73. The summed E-state index contributed by atoms with van der Waals surface area (Å²) in [5, 5.41) is 6.99. The molecule has 0 bridgehead atoms. The van der Waals surface area contributed by atoms with Gasteiger partial charge < -0.3 is 10.6 Å². The Hall–Kier alpha value is -0.120. The fourth-order valence-electron chi connectivity index (χ4n) is 2.78. The van der Waals surface area contributed by atoms with Gasteiger partial charge in [0.15, 0.2) is 0 Å². The van der Waals surface area contributed by atoms with Crippen molar-refractivity contribution in [2.45, 2.75) is 38.8 Å². The zero-order valence-electron chi connectivity index (χ0n) is 10.1. The summed E-state index contributed by atoms with van der Waals surface area (Å²) in [6.45, 7) is 10.8. The zero-order valence-corrected chi connectivity index (χ0v) is 10.1. The van der Waals surface area contributed by atoms with Gasteiger partial charge in [0.1, 0.15) is 0 Å². The molecule has 2 N–H and O–H groups in total. The van der Waals surface area contributed by atoms with Gasteiger partial charge >= 0.3 is 0 Å². The van der Waals surface area contributed by atoms with E-state index in [0.717, 1.165) is 12.5 Å². The molecule has 2 saturated heterocycles. The van der Waals surface area contributed by atoms with Crippen molar-refractivity contribution < 1.29 is 0 Å². The van der Waals surface area contributed by atoms with E-state index >= 15 is 0 Å². The first-order valence-electron chi connectivity index (χ1n) is 6.45. The van der Waals surface area contributed by atoms with Gasteiger partial charge in [0.25, 0.3) is 0 Å². The summed E-state index contributed by atoms with van der Waals surface area (Å²) < 4.78 is 0. The number of rotatable bonds is 2. The van der Waals surface area contributed by atoms with Crippen LogP contribution in [0.15, 0.2) is 0 Å². The minimum atomic E-state index is 0.653. The van der Waals surface area contributed by atoms with Crippen molar-refractivity contribution in [3.63, 3.8) is 0 Å². The van der Waals surface area contributed by atoms with Gasteiger partial charge in [-0.15, -0.1) is 0 Å². The minimum absolute atomic E-state index is 0.653. The molecule has 2 heterocycles. The molecule has 15 heavy (non-hydrogen) atoms. The summed E-state index contributed by atoms with van der Waals surface area (Å²) >= 11 is 0. The molecule has 0 spiro atoms. The molecule has 0 aliphatic carbocycles. The highest BCUT2D eigenvalue weighted by molar-refractivity contribution is 4.85.